The summed E-state index contributed by atoms with van der Waals surface area (Å²) in [7, 11) is 0. The van der Waals surface area contributed by atoms with Crippen LogP contribution in [0.25, 0.3) is 10.3 Å². The van der Waals surface area contributed by atoms with E-state index >= 15 is 0 Å². The van der Waals surface area contributed by atoms with Gasteiger partial charge in [0.15, 0.2) is 32.7 Å². The molecule has 0 radical (unpaired) electrons. The molecule has 3 aliphatic heterocycles. The van der Waals surface area contributed by atoms with Crippen molar-refractivity contribution in [2.75, 3.05) is 32.7 Å². The van der Waals surface area contributed by atoms with E-state index in [2.05, 4.69) is 20.6 Å². The molecule has 0 unspecified atom stereocenters. The molecule has 114 valence electrons. The number of carbonyl (C=O) groups is 1. The van der Waals surface area contributed by atoms with E-state index in [1.807, 2.05) is 13.1 Å². The molecule has 1 amide bonds. The summed E-state index contributed by atoms with van der Waals surface area (Å²) in [6.07, 6.45) is 1.87. The fraction of sp³-hybridized carbons (Fsp3) is 0.467. The average molecular weight is 317 g/mol. The molecule has 2 aromatic rings. The third-order valence-electron chi connectivity index (χ3n) is 4.67. The maximum atomic E-state index is 11.2. The Balaban J connectivity index is 1.59. The zero-order valence-corrected chi connectivity index (χ0v) is 13.4. The van der Waals surface area contributed by atoms with Gasteiger partial charge in [-0.15, -0.1) is 0 Å². The van der Waals surface area contributed by atoms with Crippen molar-refractivity contribution in [2.24, 2.45) is 5.73 Å². The predicted octanol–water partition coefficient (Wildman–Crippen LogP) is 0.283. The number of aromatic nitrogens is 2. The predicted molar refractivity (Wildman–Crippen MR) is 84.9 cm³/mol. The molecule has 7 heteroatoms. The van der Waals surface area contributed by atoms with Crippen molar-refractivity contribution >= 4 is 33.3 Å². The molecule has 2 bridgehead atoms. The highest BCUT2D eigenvalue weighted by atomic mass is 32.1. The maximum absolute atomic E-state index is 11.2. The summed E-state index contributed by atoms with van der Waals surface area (Å²) in [4.78, 5) is 21.2. The van der Waals surface area contributed by atoms with Crippen LogP contribution in [0.3, 0.4) is 0 Å². The zero-order valence-electron chi connectivity index (χ0n) is 12.6. The van der Waals surface area contributed by atoms with Gasteiger partial charge in [-0.2, -0.15) is 0 Å². The molecule has 0 saturated carbocycles. The van der Waals surface area contributed by atoms with Gasteiger partial charge in [-0.1, -0.05) is 11.3 Å². The normalized spacial score (nSPS) is 19.3. The summed E-state index contributed by atoms with van der Waals surface area (Å²) >= 11 is 1.64. The average Bonchev–Trinajstić information content (AvgIpc) is 2.80. The summed E-state index contributed by atoms with van der Waals surface area (Å²) in [6.45, 7) is 7.29. The summed E-state index contributed by atoms with van der Waals surface area (Å²) in [5.41, 5.74) is 9.07. The molecule has 1 saturated heterocycles. The van der Waals surface area contributed by atoms with Crippen molar-refractivity contribution in [3.8, 4) is 0 Å². The number of primary amides is 1. The Morgan fingerprint density at radius 3 is 3.00 bits per heavy atom. The van der Waals surface area contributed by atoms with Gasteiger partial charge in [-0.3, -0.25) is 9.28 Å². The van der Waals surface area contributed by atoms with Crippen LogP contribution in [0, 0.1) is 6.92 Å². The Kier molecular flexibility index (Phi) is 3.02. The molecule has 0 aromatic carbocycles. The summed E-state index contributed by atoms with van der Waals surface area (Å²) < 4.78 is 3.28. The second kappa shape index (κ2) is 4.82. The van der Waals surface area contributed by atoms with Crippen LogP contribution >= 0.6 is 11.3 Å². The third-order valence-corrected chi connectivity index (χ3v) is 5.55. The lowest BCUT2D eigenvalue weighted by Crippen LogP contribution is -2.73. The van der Waals surface area contributed by atoms with E-state index in [1.54, 1.807) is 11.3 Å². The van der Waals surface area contributed by atoms with E-state index in [4.69, 9.17) is 5.73 Å². The molecule has 6 nitrogen and oxygen atoms in total. The Morgan fingerprint density at radius 1 is 1.50 bits per heavy atom. The van der Waals surface area contributed by atoms with Crippen molar-refractivity contribution in [3.63, 3.8) is 0 Å². The van der Waals surface area contributed by atoms with E-state index in [1.165, 1.54) is 11.3 Å². The topological polar surface area (TPSA) is 71.9 Å². The number of amides is 1. The Bertz CT molecular complexity index is 801. The van der Waals surface area contributed by atoms with Crippen molar-refractivity contribution in [2.45, 2.75) is 13.5 Å². The molecule has 22 heavy (non-hydrogen) atoms. The van der Waals surface area contributed by atoms with Crippen LogP contribution < -0.4 is 5.73 Å². The second-order valence-corrected chi connectivity index (χ2v) is 7.53. The Labute approximate surface area is 132 Å². The van der Waals surface area contributed by atoms with E-state index in [0.29, 0.717) is 6.54 Å². The first-order chi connectivity index (χ1) is 10.5. The number of aryl methyl sites for hydroxylation is 1. The van der Waals surface area contributed by atoms with Gasteiger partial charge in [0.25, 0.3) is 11.6 Å². The molecule has 0 aliphatic carbocycles. The Hall–Kier alpha value is -1.86. The first kappa shape index (κ1) is 13.8. The summed E-state index contributed by atoms with van der Waals surface area (Å²) in [5, 5.41) is 1.06. The number of hydrogen-bond donors (Lipinski definition) is 1. The minimum Gasteiger partial charge on any atom is -0.365 e. The van der Waals surface area contributed by atoms with Crippen LogP contribution in [-0.4, -0.2) is 63.4 Å². The van der Waals surface area contributed by atoms with Crippen LogP contribution in [-0.2, 0) is 11.3 Å². The molecule has 5 heterocycles. The molecular formula is C15H19N5OS+2. The van der Waals surface area contributed by atoms with Gasteiger partial charge < -0.3 is 5.73 Å². The SMILES string of the molecule is Cc1nc2c(C[N+]3=C4C[N+](CC(N)=O)(CC3)C4)ccnc2s1. The lowest BCUT2D eigenvalue weighted by atomic mass is 10.0. The molecular weight excluding hydrogens is 298 g/mol. The van der Waals surface area contributed by atoms with E-state index < -0.39 is 0 Å². The summed E-state index contributed by atoms with van der Waals surface area (Å²) in [5.74, 6) is -0.193. The van der Waals surface area contributed by atoms with Crippen LogP contribution in [0.2, 0.25) is 0 Å². The van der Waals surface area contributed by atoms with Crippen molar-refractivity contribution in [1.82, 2.24) is 9.97 Å². The first-order valence-corrected chi connectivity index (χ1v) is 8.30. The zero-order chi connectivity index (χ0) is 15.3. The van der Waals surface area contributed by atoms with Crippen molar-refractivity contribution < 1.29 is 13.9 Å². The number of nitrogens with two attached hydrogens (primary N) is 1. The number of fused-ring (bicyclic) bond motifs is 3. The van der Waals surface area contributed by atoms with Crippen LogP contribution in [0.1, 0.15) is 10.6 Å². The van der Waals surface area contributed by atoms with Gasteiger partial charge in [0.2, 0.25) is 0 Å². The number of carbonyl (C=O) groups excluding carboxylic acids is 1. The highest BCUT2D eigenvalue weighted by molar-refractivity contribution is 7.18. The van der Waals surface area contributed by atoms with Gasteiger partial charge >= 0.3 is 0 Å². The van der Waals surface area contributed by atoms with Crippen LogP contribution in [0.15, 0.2) is 12.3 Å². The lowest BCUT2D eigenvalue weighted by molar-refractivity contribution is -0.951. The third kappa shape index (κ3) is 2.21. The molecule has 1 fully saturated rings. The minimum absolute atomic E-state index is 0.193. The molecule has 2 aromatic heterocycles. The highest BCUT2D eigenvalue weighted by Crippen LogP contribution is 2.26. The fourth-order valence-electron chi connectivity index (χ4n) is 3.61. The monoisotopic (exact) mass is 317 g/mol. The molecule has 3 aliphatic rings. The van der Waals surface area contributed by atoms with Crippen molar-refractivity contribution in [1.29, 1.82) is 0 Å². The number of quaternary nitrogens is 1. The molecule has 2 N–H and O–H groups in total. The largest absolute Gasteiger partial charge is 0.365 e. The van der Waals surface area contributed by atoms with Crippen molar-refractivity contribution in [3.05, 3.63) is 22.8 Å². The van der Waals surface area contributed by atoms with Crippen LogP contribution in [0.5, 0.6) is 0 Å². The van der Waals surface area contributed by atoms with Gasteiger partial charge in [-0.25, -0.2) is 14.5 Å². The van der Waals surface area contributed by atoms with E-state index in [-0.39, 0.29) is 5.91 Å². The molecule has 0 spiro atoms. The van der Waals surface area contributed by atoms with Gasteiger partial charge in [0.05, 0.1) is 5.01 Å². The maximum Gasteiger partial charge on any atom is 0.272 e. The quantitative estimate of drug-likeness (QED) is 0.650. The number of hydrogen-bond acceptors (Lipinski definition) is 4. The van der Waals surface area contributed by atoms with Gasteiger partial charge in [0, 0.05) is 11.8 Å². The standard InChI is InChI=1S/C15H18N5OS/c1-10-18-14-11(2-3-17-15(14)22-10)6-19-4-5-20(9-13(16)21)7-12(19)8-20/h2-3H,4-9H2,1H3,(H-,16,21)/q+1/p+1. The first-order valence-electron chi connectivity index (χ1n) is 7.49. The number of thiazole rings is 1. The number of pyridine rings is 1. The smallest absolute Gasteiger partial charge is 0.272 e. The fourth-order valence-corrected chi connectivity index (χ4v) is 4.41. The lowest BCUT2D eigenvalue weighted by Gasteiger charge is -2.46. The second-order valence-electron chi connectivity index (χ2n) is 6.35. The highest BCUT2D eigenvalue weighted by Gasteiger charge is 2.52. The summed E-state index contributed by atoms with van der Waals surface area (Å²) in [6, 6.07) is 2.07. The van der Waals surface area contributed by atoms with Gasteiger partial charge in [-0.05, 0) is 13.0 Å². The number of rotatable bonds is 4. The van der Waals surface area contributed by atoms with Gasteiger partial charge in [0.1, 0.15) is 16.9 Å². The minimum atomic E-state index is -0.193. The van der Waals surface area contributed by atoms with E-state index in [0.717, 1.165) is 52.6 Å². The van der Waals surface area contributed by atoms with E-state index in [9.17, 15) is 4.79 Å². The Morgan fingerprint density at radius 2 is 2.32 bits per heavy atom. The molecule has 5 rings (SSSR count). The van der Waals surface area contributed by atoms with Crippen LogP contribution in [0.4, 0.5) is 0 Å². The molecule has 0 atom stereocenters. The number of nitrogens with zero attached hydrogens (tertiary/aromatic N) is 4.